The highest BCUT2D eigenvalue weighted by Gasteiger charge is 2.19. The Balaban J connectivity index is 1.96. The first-order valence-electron chi connectivity index (χ1n) is 7.27. The number of hydrazone groups is 1. The van der Waals surface area contributed by atoms with Gasteiger partial charge in [-0.05, 0) is 52.9 Å². The predicted molar refractivity (Wildman–Crippen MR) is 105 cm³/mol. The molecule has 0 radical (unpaired) electrons. The summed E-state index contributed by atoms with van der Waals surface area (Å²) < 4.78 is 5.97. The third-order valence-electron chi connectivity index (χ3n) is 3.19. The van der Waals surface area contributed by atoms with Gasteiger partial charge >= 0.3 is 5.69 Å². The molecule has 0 atom stereocenters. The zero-order valence-corrected chi connectivity index (χ0v) is 15.8. The van der Waals surface area contributed by atoms with Crippen LogP contribution in [-0.4, -0.2) is 35.8 Å². The number of amides is 1. The lowest BCUT2D eigenvalue weighted by Crippen LogP contribution is -2.25. The van der Waals surface area contributed by atoms with Gasteiger partial charge in [-0.15, -0.1) is 0 Å². The van der Waals surface area contributed by atoms with Gasteiger partial charge in [0, 0.05) is 20.9 Å². The minimum atomic E-state index is -0.737. The van der Waals surface area contributed by atoms with Gasteiger partial charge in [0.25, 0.3) is 5.91 Å². The Kier molecular flexibility index (Phi) is 6.72. The number of rotatable bonds is 7. The number of methoxy groups -OCH3 is 1. The molecule has 1 amide bonds. The Hall–Kier alpha value is -2.89. The van der Waals surface area contributed by atoms with Crippen LogP contribution in [0.1, 0.15) is 5.56 Å². The molecular formula is C16H15IN4O5. The molecule has 2 rings (SSSR count). The third-order valence-corrected chi connectivity index (χ3v) is 3.91. The summed E-state index contributed by atoms with van der Waals surface area (Å²) in [6, 6.07) is 9.99. The molecule has 26 heavy (non-hydrogen) atoms. The van der Waals surface area contributed by atoms with Gasteiger partial charge in [-0.25, -0.2) is 5.43 Å². The van der Waals surface area contributed by atoms with E-state index in [0.717, 1.165) is 15.3 Å². The maximum Gasteiger partial charge on any atom is 0.315 e. The molecule has 136 valence electrons. The number of halogens is 1. The van der Waals surface area contributed by atoms with Crippen molar-refractivity contribution in [3.8, 4) is 11.5 Å². The van der Waals surface area contributed by atoms with Crippen LogP contribution in [0.15, 0.2) is 41.5 Å². The summed E-state index contributed by atoms with van der Waals surface area (Å²) in [5.41, 5.74) is 2.87. The molecule has 0 unspecified atom stereocenters. The SMILES string of the molecule is COc1cc(/C=N\NC(=O)CNc2ccc(I)cc2)cc([N+](=O)[O-])c1O. The van der Waals surface area contributed by atoms with Gasteiger partial charge in [0.2, 0.25) is 5.75 Å². The quantitative estimate of drug-likeness (QED) is 0.247. The smallest absolute Gasteiger partial charge is 0.315 e. The second-order valence-corrected chi connectivity index (χ2v) is 6.25. The zero-order chi connectivity index (χ0) is 19.1. The van der Waals surface area contributed by atoms with Crippen molar-refractivity contribution in [2.75, 3.05) is 19.0 Å². The molecule has 0 heterocycles. The lowest BCUT2D eigenvalue weighted by atomic mass is 10.2. The average molecular weight is 470 g/mol. The van der Waals surface area contributed by atoms with Gasteiger partial charge in [0.1, 0.15) is 0 Å². The summed E-state index contributed by atoms with van der Waals surface area (Å²) in [6.45, 7) is 0.0109. The largest absolute Gasteiger partial charge is 0.500 e. The Bertz CT molecular complexity index is 839. The van der Waals surface area contributed by atoms with Crippen LogP contribution in [0.3, 0.4) is 0 Å². The highest BCUT2D eigenvalue weighted by atomic mass is 127. The fraction of sp³-hybridized carbons (Fsp3) is 0.125. The molecule has 0 aliphatic heterocycles. The normalized spacial score (nSPS) is 10.5. The first kappa shape index (κ1) is 19.4. The maximum atomic E-state index is 11.8. The minimum absolute atomic E-state index is 0.0109. The zero-order valence-electron chi connectivity index (χ0n) is 13.6. The number of phenolic OH excluding ortho intramolecular Hbond substituents is 1. The minimum Gasteiger partial charge on any atom is -0.500 e. The lowest BCUT2D eigenvalue weighted by Gasteiger charge is -2.06. The summed E-state index contributed by atoms with van der Waals surface area (Å²) in [5.74, 6) is -1.02. The summed E-state index contributed by atoms with van der Waals surface area (Å²) in [6.07, 6.45) is 1.22. The van der Waals surface area contributed by atoms with E-state index in [4.69, 9.17) is 4.74 Å². The van der Waals surface area contributed by atoms with Crippen molar-refractivity contribution in [1.82, 2.24) is 5.43 Å². The number of anilines is 1. The van der Waals surface area contributed by atoms with Crippen molar-refractivity contribution in [3.63, 3.8) is 0 Å². The fourth-order valence-corrected chi connectivity index (χ4v) is 2.31. The van der Waals surface area contributed by atoms with E-state index in [1.165, 1.54) is 19.4 Å². The predicted octanol–water partition coefficient (Wildman–Crippen LogP) is 2.48. The topological polar surface area (TPSA) is 126 Å². The molecule has 9 nitrogen and oxygen atoms in total. The first-order valence-corrected chi connectivity index (χ1v) is 8.35. The van der Waals surface area contributed by atoms with E-state index >= 15 is 0 Å². The average Bonchev–Trinajstić information content (AvgIpc) is 2.62. The number of nitrogens with one attached hydrogen (secondary N) is 2. The van der Waals surface area contributed by atoms with Crippen LogP contribution < -0.4 is 15.5 Å². The second kappa shape index (κ2) is 8.99. The van der Waals surface area contributed by atoms with Crippen LogP contribution >= 0.6 is 22.6 Å². The number of nitro benzene ring substituents is 1. The van der Waals surface area contributed by atoms with Crippen molar-refractivity contribution in [2.45, 2.75) is 0 Å². The van der Waals surface area contributed by atoms with Crippen LogP contribution in [0.25, 0.3) is 0 Å². The van der Waals surface area contributed by atoms with E-state index in [-0.39, 0.29) is 23.8 Å². The summed E-state index contributed by atoms with van der Waals surface area (Å²) in [5, 5.41) is 27.3. The van der Waals surface area contributed by atoms with Crippen molar-refractivity contribution in [3.05, 3.63) is 55.6 Å². The molecule has 0 aliphatic rings. The number of phenols is 1. The number of hydrogen-bond donors (Lipinski definition) is 3. The highest BCUT2D eigenvalue weighted by Crippen LogP contribution is 2.36. The van der Waals surface area contributed by atoms with E-state index in [2.05, 4.69) is 38.4 Å². The number of carbonyl (C=O) groups is 1. The van der Waals surface area contributed by atoms with E-state index < -0.39 is 16.4 Å². The molecule has 0 saturated heterocycles. The molecule has 0 bridgehead atoms. The number of ether oxygens (including phenoxy) is 1. The van der Waals surface area contributed by atoms with E-state index in [0.29, 0.717) is 0 Å². The number of hydrogen-bond acceptors (Lipinski definition) is 7. The van der Waals surface area contributed by atoms with Crippen LogP contribution in [0.5, 0.6) is 11.5 Å². The Morgan fingerprint density at radius 3 is 2.69 bits per heavy atom. The van der Waals surface area contributed by atoms with Gasteiger partial charge in [-0.3, -0.25) is 14.9 Å². The molecule has 0 aromatic heterocycles. The monoisotopic (exact) mass is 470 g/mol. The summed E-state index contributed by atoms with van der Waals surface area (Å²) in [4.78, 5) is 22.0. The Morgan fingerprint density at radius 2 is 2.08 bits per heavy atom. The molecule has 0 fully saturated rings. The van der Waals surface area contributed by atoms with Gasteiger partial charge in [0.05, 0.1) is 24.8 Å². The van der Waals surface area contributed by atoms with Crippen molar-refractivity contribution in [2.24, 2.45) is 5.10 Å². The van der Waals surface area contributed by atoms with E-state index in [9.17, 15) is 20.0 Å². The summed E-state index contributed by atoms with van der Waals surface area (Å²) >= 11 is 2.18. The fourth-order valence-electron chi connectivity index (χ4n) is 1.95. The molecule has 0 aliphatic carbocycles. The molecule has 0 saturated carbocycles. The number of aromatic hydroxyl groups is 1. The van der Waals surface area contributed by atoms with Gasteiger partial charge in [0.15, 0.2) is 5.75 Å². The molecule has 10 heteroatoms. The van der Waals surface area contributed by atoms with Crippen LogP contribution in [0.4, 0.5) is 11.4 Å². The van der Waals surface area contributed by atoms with Crippen LogP contribution in [0, 0.1) is 13.7 Å². The molecule has 0 spiro atoms. The maximum absolute atomic E-state index is 11.8. The Labute approximate surface area is 162 Å². The standard InChI is InChI=1S/C16H15IN4O5/c1-26-14-7-10(6-13(16(14)23)21(24)25)8-19-20-15(22)9-18-12-4-2-11(17)3-5-12/h2-8,18,23H,9H2,1H3,(H,20,22)/b19-8-. The second-order valence-electron chi connectivity index (χ2n) is 5.00. The number of carbonyl (C=O) groups excluding carboxylic acids is 1. The number of nitro groups is 1. The van der Waals surface area contributed by atoms with Crippen molar-refractivity contribution in [1.29, 1.82) is 0 Å². The molecular weight excluding hydrogens is 455 g/mol. The van der Waals surface area contributed by atoms with Crippen molar-refractivity contribution < 1.29 is 19.6 Å². The van der Waals surface area contributed by atoms with Crippen molar-refractivity contribution >= 4 is 46.1 Å². The van der Waals surface area contributed by atoms with Crippen LogP contribution in [-0.2, 0) is 4.79 Å². The van der Waals surface area contributed by atoms with Crippen LogP contribution in [0.2, 0.25) is 0 Å². The van der Waals surface area contributed by atoms with Gasteiger partial charge < -0.3 is 15.2 Å². The van der Waals surface area contributed by atoms with E-state index in [1.54, 1.807) is 0 Å². The van der Waals surface area contributed by atoms with E-state index in [1.807, 2.05) is 24.3 Å². The number of benzene rings is 2. The first-order chi connectivity index (χ1) is 12.4. The molecule has 2 aromatic carbocycles. The van der Waals surface area contributed by atoms with Gasteiger partial charge in [-0.1, -0.05) is 0 Å². The lowest BCUT2D eigenvalue weighted by molar-refractivity contribution is -0.386. The highest BCUT2D eigenvalue weighted by molar-refractivity contribution is 14.1. The molecule has 2 aromatic rings. The Morgan fingerprint density at radius 1 is 1.38 bits per heavy atom. The summed E-state index contributed by atoms with van der Waals surface area (Å²) in [7, 11) is 1.28. The molecule has 3 N–H and O–H groups in total. The number of nitrogens with zero attached hydrogens (tertiary/aromatic N) is 2. The van der Waals surface area contributed by atoms with Gasteiger partial charge in [-0.2, -0.15) is 5.10 Å². The third kappa shape index (κ3) is 5.31.